The average Bonchev–Trinajstić information content (AvgIpc) is 2.41. The number of nitrogens with zero attached hydrogens (tertiary/aromatic N) is 1. The first kappa shape index (κ1) is 14.1. The fourth-order valence-corrected chi connectivity index (χ4v) is 2.62. The van der Waals surface area contributed by atoms with Gasteiger partial charge in [0.15, 0.2) is 0 Å². The molecule has 0 heterocycles. The molecular weight excluding hydrogens is 236 g/mol. The summed E-state index contributed by atoms with van der Waals surface area (Å²) in [5, 5.41) is 0. The molecule has 1 fully saturated rings. The van der Waals surface area contributed by atoms with Crippen LogP contribution in [-0.4, -0.2) is 24.4 Å². The van der Waals surface area contributed by atoms with Gasteiger partial charge in [-0.25, -0.2) is 0 Å². The predicted octanol–water partition coefficient (Wildman–Crippen LogP) is 2.58. The van der Waals surface area contributed by atoms with Crippen molar-refractivity contribution in [1.29, 1.82) is 0 Å². The maximum absolute atomic E-state index is 12.4. The van der Waals surface area contributed by atoms with Gasteiger partial charge in [0.05, 0.1) is 5.92 Å². The van der Waals surface area contributed by atoms with E-state index in [1.165, 1.54) is 19.3 Å². The minimum absolute atomic E-state index is 0.156. The summed E-state index contributed by atoms with van der Waals surface area (Å²) in [4.78, 5) is 14.2. The molecule has 104 valence electrons. The standard InChI is InChI=1S/C16H24N2O/c1-12(15(17)14-9-4-3-5-10-14)16(19)18(2)11-13-7-6-8-13/h3-5,9-10,12-13,15H,6-8,11,17H2,1-2H3. The van der Waals surface area contributed by atoms with E-state index < -0.39 is 0 Å². The Balaban J connectivity index is 1.93. The minimum Gasteiger partial charge on any atom is -0.345 e. The summed E-state index contributed by atoms with van der Waals surface area (Å²) < 4.78 is 0. The molecule has 3 nitrogen and oxygen atoms in total. The predicted molar refractivity (Wildman–Crippen MR) is 77.5 cm³/mol. The van der Waals surface area contributed by atoms with Gasteiger partial charge in [0.1, 0.15) is 0 Å². The van der Waals surface area contributed by atoms with Gasteiger partial charge in [0.2, 0.25) is 5.91 Å². The van der Waals surface area contributed by atoms with Gasteiger partial charge in [-0.05, 0) is 24.3 Å². The van der Waals surface area contributed by atoms with Crippen molar-refractivity contribution in [2.24, 2.45) is 17.6 Å². The van der Waals surface area contributed by atoms with Crippen LogP contribution >= 0.6 is 0 Å². The second kappa shape index (κ2) is 6.20. The van der Waals surface area contributed by atoms with Gasteiger partial charge in [0, 0.05) is 19.6 Å². The van der Waals surface area contributed by atoms with Crippen LogP contribution in [0.15, 0.2) is 30.3 Å². The Hall–Kier alpha value is -1.35. The maximum atomic E-state index is 12.4. The Morgan fingerprint density at radius 1 is 1.37 bits per heavy atom. The zero-order valence-electron chi connectivity index (χ0n) is 11.9. The van der Waals surface area contributed by atoms with Crippen molar-refractivity contribution in [3.8, 4) is 0 Å². The number of carbonyl (C=O) groups excluding carboxylic acids is 1. The molecule has 19 heavy (non-hydrogen) atoms. The Bertz CT molecular complexity index is 414. The molecule has 2 atom stereocenters. The Kier molecular flexibility index (Phi) is 4.59. The van der Waals surface area contributed by atoms with Crippen LogP contribution in [0.1, 0.15) is 37.8 Å². The topological polar surface area (TPSA) is 46.3 Å². The quantitative estimate of drug-likeness (QED) is 0.884. The number of hydrogen-bond donors (Lipinski definition) is 1. The summed E-state index contributed by atoms with van der Waals surface area (Å²) in [7, 11) is 1.90. The molecule has 1 saturated carbocycles. The van der Waals surface area contributed by atoms with Crippen LogP contribution in [0.5, 0.6) is 0 Å². The Morgan fingerprint density at radius 3 is 2.53 bits per heavy atom. The monoisotopic (exact) mass is 260 g/mol. The lowest BCUT2D eigenvalue weighted by molar-refractivity contribution is -0.135. The molecule has 2 unspecified atom stereocenters. The van der Waals surface area contributed by atoms with Crippen molar-refractivity contribution in [2.75, 3.05) is 13.6 Å². The molecule has 3 heteroatoms. The lowest BCUT2D eigenvalue weighted by Crippen LogP contribution is -2.40. The number of amides is 1. The highest BCUT2D eigenvalue weighted by atomic mass is 16.2. The fourth-order valence-electron chi connectivity index (χ4n) is 2.62. The molecule has 2 rings (SSSR count). The van der Waals surface area contributed by atoms with Gasteiger partial charge >= 0.3 is 0 Å². The van der Waals surface area contributed by atoms with Gasteiger partial charge < -0.3 is 10.6 Å². The van der Waals surface area contributed by atoms with Crippen LogP contribution in [0.2, 0.25) is 0 Å². The van der Waals surface area contributed by atoms with Gasteiger partial charge in [-0.2, -0.15) is 0 Å². The van der Waals surface area contributed by atoms with Crippen LogP contribution in [-0.2, 0) is 4.79 Å². The summed E-state index contributed by atoms with van der Waals surface area (Å²) in [6.45, 7) is 2.81. The second-order valence-electron chi connectivity index (χ2n) is 5.74. The van der Waals surface area contributed by atoms with Crippen molar-refractivity contribution < 1.29 is 4.79 Å². The lowest BCUT2D eigenvalue weighted by Gasteiger charge is -2.32. The van der Waals surface area contributed by atoms with E-state index >= 15 is 0 Å². The van der Waals surface area contributed by atoms with Crippen molar-refractivity contribution in [1.82, 2.24) is 4.90 Å². The van der Waals surface area contributed by atoms with E-state index in [2.05, 4.69) is 0 Å². The van der Waals surface area contributed by atoms with E-state index in [4.69, 9.17) is 5.73 Å². The molecule has 0 saturated heterocycles. The molecule has 0 aromatic heterocycles. The molecule has 1 amide bonds. The molecule has 0 aliphatic heterocycles. The third kappa shape index (κ3) is 3.35. The second-order valence-corrected chi connectivity index (χ2v) is 5.74. The molecular formula is C16H24N2O. The van der Waals surface area contributed by atoms with Crippen LogP contribution in [0.4, 0.5) is 0 Å². The Labute approximate surface area is 115 Å². The first-order chi connectivity index (χ1) is 9.09. The van der Waals surface area contributed by atoms with E-state index in [0.29, 0.717) is 5.92 Å². The zero-order valence-corrected chi connectivity index (χ0v) is 11.9. The number of nitrogens with two attached hydrogens (primary N) is 1. The first-order valence-electron chi connectivity index (χ1n) is 7.15. The summed E-state index contributed by atoms with van der Waals surface area (Å²) in [5.74, 6) is 0.685. The van der Waals surface area contributed by atoms with Gasteiger partial charge in [-0.1, -0.05) is 43.7 Å². The van der Waals surface area contributed by atoms with E-state index in [1.807, 2.05) is 49.2 Å². The number of rotatable bonds is 5. The molecule has 1 aromatic carbocycles. The molecule has 2 N–H and O–H groups in total. The lowest BCUT2D eigenvalue weighted by atomic mass is 9.85. The maximum Gasteiger partial charge on any atom is 0.227 e. The summed E-state index contributed by atoms with van der Waals surface area (Å²) in [5.41, 5.74) is 7.24. The SMILES string of the molecule is CC(C(=O)N(C)CC1CCC1)C(N)c1ccccc1. The van der Waals surface area contributed by atoms with Crippen molar-refractivity contribution in [3.63, 3.8) is 0 Å². The highest BCUT2D eigenvalue weighted by Gasteiger charge is 2.27. The van der Waals surface area contributed by atoms with Gasteiger partial charge in [-0.15, -0.1) is 0 Å². The summed E-state index contributed by atoms with van der Waals surface area (Å²) in [6, 6.07) is 9.64. The first-order valence-corrected chi connectivity index (χ1v) is 7.15. The van der Waals surface area contributed by atoms with E-state index in [-0.39, 0.29) is 17.9 Å². The van der Waals surface area contributed by atoms with E-state index in [9.17, 15) is 4.79 Å². The molecule has 1 aliphatic carbocycles. The number of carbonyl (C=O) groups is 1. The van der Waals surface area contributed by atoms with Gasteiger partial charge in [-0.3, -0.25) is 4.79 Å². The van der Waals surface area contributed by atoms with Crippen molar-refractivity contribution in [2.45, 2.75) is 32.2 Å². The van der Waals surface area contributed by atoms with Crippen LogP contribution in [0.3, 0.4) is 0 Å². The number of benzene rings is 1. The van der Waals surface area contributed by atoms with Gasteiger partial charge in [0.25, 0.3) is 0 Å². The molecule has 0 radical (unpaired) electrons. The molecule has 1 aromatic rings. The minimum atomic E-state index is -0.224. The largest absolute Gasteiger partial charge is 0.345 e. The van der Waals surface area contributed by atoms with Crippen LogP contribution < -0.4 is 5.73 Å². The molecule has 1 aliphatic rings. The molecule has 0 spiro atoms. The van der Waals surface area contributed by atoms with Crippen LogP contribution in [0, 0.1) is 11.8 Å². The highest BCUT2D eigenvalue weighted by Crippen LogP contribution is 2.28. The zero-order chi connectivity index (χ0) is 13.8. The van der Waals surface area contributed by atoms with Crippen molar-refractivity contribution >= 4 is 5.91 Å². The number of hydrogen-bond acceptors (Lipinski definition) is 2. The van der Waals surface area contributed by atoms with E-state index in [1.54, 1.807) is 0 Å². The average molecular weight is 260 g/mol. The van der Waals surface area contributed by atoms with Crippen LogP contribution in [0.25, 0.3) is 0 Å². The third-order valence-corrected chi connectivity index (χ3v) is 4.25. The summed E-state index contributed by atoms with van der Waals surface area (Å²) >= 11 is 0. The smallest absolute Gasteiger partial charge is 0.227 e. The normalized spacial score (nSPS) is 18.5. The van der Waals surface area contributed by atoms with Crippen molar-refractivity contribution in [3.05, 3.63) is 35.9 Å². The van der Waals surface area contributed by atoms with E-state index in [0.717, 1.165) is 12.1 Å². The Morgan fingerprint density at radius 2 is 2.00 bits per heavy atom. The fraction of sp³-hybridized carbons (Fsp3) is 0.562. The molecule has 0 bridgehead atoms. The summed E-state index contributed by atoms with van der Waals surface area (Å²) in [6.07, 6.45) is 3.83. The third-order valence-electron chi connectivity index (χ3n) is 4.25. The highest BCUT2D eigenvalue weighted by molar-refractivity contribution is 5.79.